The highest BCUT2D eigenvalue weighted by atomic mass is 32.1. The molecule has 0 aromatic carbocycles. The van der Waals surface area contributed by atoms with Crippen LogP contribution in [0.3, 0.4) is 0 Å². The molecular weight excluding hydrogens is 256 g/mol. The van der Waals surface area contributed by atoms with Crippen molar-refractivity contribution >= 4 is 17.2 Å². The van der Waals surface area contributed by atoms with Gasteiger partial charge in [-0.1, -0.05) is 39.7 Å². The van der Waals surface area contributed by atoms with Crippen molar-refractivity contribution in [1.29, 1.82) is 0 Å². The highest BCUT2D eigenvalue weighted by Gasteiger charge is 2.39. The van der Waals surface area contributed by atoms with Gasteiger partial charge in [0.1, 0.15) is 6.17 Å². The first-order chi connectivity index (χ1) is 9.21. The van der Waals surface area contributed by atoms with Crippen LogP contribution in [0.5, 0.6) is 0 Å². The molecule has 2 rings (SSSR count). The molecule has 1 aliphatic heterocycles. The van der Waals surface area contributed by atoms with Crippen LogP contribution in [0.15, 0.2) is 17.5 Å². The lowest BCUT2D eigenvalue weighted by molar-refractivity contribution is -0.130. The maximum absolute atomic E-state index is 12.5. The van der Waals surface area contributed by atoms with Gasteiger partial charge < -0.3 is 4.90 Å². The van der Waals surface area contributed by atoms with E-state index in [1.807, 2.05) is 0 Å². The smallest absolute Gasteiger partial charge is 0.241 e. The lowest BCUT2D eigenvalue weighted by Gasteiger charge is -2.27. The third-order valence-corrected chi connectivity index (χ3v) is 5.01. The summed E-state index contributed by atoms with van der Waals surface area (Å²) in [5.74, 6) is 0.872. The molecule has 0 radical (unpaired) electrons. The predicted molar refractivity (Wildman–Crippen MR) is 80.1 cm³/mol. The third kappa shape index (κ3) is 3.00. The maximum atomic E-state index is 12.5. The Balaban J connectivity index is 2.17. The van der Waals surface area contributed by atoms with Crippen LogP contribution >= 0.6 is 11.3 Å². The molecule has 3 nitrogen and oxygen atoms in total. The highest BCUT2D eigenvalue weighted by Crippen LogP contribution is 2.30. The van der Waals surface area contributed by atoms with Gasteiger partial charge in [0, 0.05) is 11.4 Å². The van der Waals surface area contributed by atoms with Gasteiger partial charge in [-0.2, -0.15) is 0 Å². The minimum atomic E-state index is -0.0125. The fraction of sp³-hybridized carbons (Fsp3) is 0.667. The first kappa shape index (κ1) is 14.5. The second-order valence-corrected chi connectivity index (χ2v) is 6.20. The van der Waals surface area contributed by atoms with Gasteiger partial charge in [0.05, 0.1) is 6.04 Å². The third-order valence-electron chi connectivity index (χ3n) is 4.08. The number of carbonyl (C=O) groups is 1. The predicted octanol–water partition coefficient (Wildman–Crippen LogP) is 3.39. The Kier molecular flexibility index (Phi) is 4.99. The molecule has 2 unspecified atom stereocenters. The van der Waals surface area contributed by atoms with Gasteiger partial charge in [0.2, 0.25) is 5.91 Å². The fourth-order valence-corrected chi connectivity index (χ4v) is 3.47. The van der Waals surface area contributed by atoms with Gasteiger partial charge in [-0.05, 0) is 23.8 Å². The summed E-state index contributed by atoms with van der Waals surface area (Å²) in [4.78, 5) is 15.8. The molecule has 0 bridgehead atoms. The van der Waals surface area contributed by atoms with Crippen molar-refractivity contribution in [3.8, 4) is 0 Å². The summed E-state index contributed by atoms with van der Waals surface area (Å²) in [7, 11) is 0. The van der Waals surface area contributed by atoms with Crippen LogP contribution in [0.4, 0.5) is 0 Å². The Morgan fingerprint density at radius 2 is 2.11 bits per heavy atom. The summed E-state index contributed by atoms with van der Waals surface area (Å²) >= 11 is 1.72. The second kappa shape index (κ2) is 6.53. The molecule has 1 N–H and O–H groups in total. The van der Waals surface area contributed by atoms with Gasteiger partial charge in [-0.25, -0.2) is 0 Å². The Morgan fingerprint density at radius 3 is 2.63 bits per heavy atom. The topological polar surface area (TPSA) is 32.3 Å². The van der Waals surface area contributed by atoms with Crippen molar-refractivity contribution in [3.05, 3.63) is 22.4 Å². The average Bonchev–Trinajstić information content (AvgIpc) is 3.04. The van der Waals surface area contributed by atoms with E-state index >= 15 is 0 Å². The first-order valence-electron chi connectivity index (χ1n) is 7.31. The summed E-state index contributed by atoms with van der Waals surface area (Å²) in [5.41, 5.74) is 0. The molecule has 2 heterocycles. The molecule has 1 amide bonds. The fourth-order valence-electron chi connectivity index (χ4n) is 2.67. The van der Waals surface area contributed by atoms with E-state index in [1.54, 1.807) is 11.3 Å². The minimum Gasteiger partial charge on any atom is -0.320 e. The van der Waals surface area contributed by atoms with E-state index in [2.05, 4.69) is 48.5 Å². The number of thiophene rings is 1. The number of carbonyl (C=O) groups excluding carboxylic acids is 1. The summed E-state index contributed by atoms with van der Waals surface area (Å²) in [6, 6.07) is 4.16. The Hall–Kier alpha value is -0.870. The van der Waals surface area contributed by atoms with Gasteiger partial charge in [0.15, 0.2) is 0 Å². The molecule has 4 heteroatoms. The molecule has 1 aromatic heterocycles. The molecule has 106 valence electrons. The highest BCUT2D eigenvalue weighted by molar-refractivity contribution is 7.10. The minimum absolute atomic E-state index is 0.0125. The molecule has 19 heavy (non-hydrogen) atoms. The Morgan fingerprint density at radius 1 is 1.37 bits per heavy atom. The molecule has 1 saturated heterocycles. The van der Waals surface area contributed by atoms with E-state index in [4.69, 9.17) is 0 Å². The lowest BCUT2D eigenvalue weighted by Crippen LogP contribution is -2.34. The molecule has 0 aliphatic carbocycles. The van der Waals surface area contributed by atoms with Crippen molar-refractivity contribution in [3.63, 3.8) is 0 Å². The number of rotatable bonds is 6. The van der Waals surface area contributed by atoms with Gasteiger partial charge >= 0.3 is 0 Å². The standard InChI is InChI=1S/C15H24N2OS/c1-4-11(5-2)10-17-14(13-8-7-9-19-13)16-12(6-3)15(17)18/h7-9,11-12,14,16H,4-6,10H2,1-3H3. The molecule has 0 saturated carbocycles. The SMILES string of the molecule is CCC(CC)CN1C(=O)C(CC)NC1c1cccs1. The van der Waals surface area contributed by atoms with E-state index in [0.29, 0.717) is 5.92 Å². The lowest BCUT2D eigenvalue weighted by atomic mass is 10.0. The van der Waals surface area contributed by atoms with Crippen LogP contribution in [0.1, 0.15) is 51.1 Å². The van der Waals surface area contributed by atoms with Crippen LogP contribution in [-0.4, -0.2) is 23.4 Å². The molecule has 1 aliphatic rings. The van der Waals surface area contributed by atoms with Crippen LogP contribution in [0.25, 0.3) is 0 Å². The van der Waals surface area contributed by atoms with Gasteiger partial charge in [-0.15, -0.1) is 11.3 Å². The largest absolute Gasteiger partial charge is 0.320 e. The van der Waals surface area contributed by atoms with Crippen molar-refractivity contribution in [2.75, 3.05) is 6.54 Å². The Bertz CT molecular complexity index is 400. The van der Waals surface area contributed by atoms with Crippen molar-refractivity contribution in [2.45, 2.75) is 52.2 Å². The van der Waals surface area contributed by atoms with E-state index < -0.39 is 0 Å². The van der Waals surface area contributed by atoms with Crippen LogP contribution in [0, 0.1) is 5.92 Å². The number of amides is 1. The van der Waals surface area contributed by atoms with E-state index in [1.165, 1.54) is 4.88 Å². The number of nitrogens with zero attached hydrogens (tertiary/aromatic N) is 1. The van der Waals surface area contributed by atoms with Crippen LogP contribution in [-0.2, 0) is 4.79 Å². The van der Waals surface area contributed by atoms with Gasteiger partial charge in [-0.3, -0.25) is 10.1 Å². The summed E-state index contributed by atoms with van der Waals surface area (Å²) in [5, 5.41) is 5.56. The van der Waals surface area contributed by atoms with E-state index in [0.717, 1.165) is 25.8 Å². The molecule has 2 atom stereocenters. The second-order valence-electron chi connectivity index (χ2n) is 5.22. The van der Waals surface area contributed by atoms with E-state index in [9.17, 15) is 4.79 Å². The summed E-state index contributed by atoms with van der Waals surface area (Å²) in [6.45, 7) is 7.36. The van der Waals surface area contributed by atoms with Crippen molar-refractivity contribution in [1.82, 2.24) is 10.2 Å². The molecule has 1 aromatic rings. The van der Waals surface area contributed by atoms with Crippen LogP contribution < -0.4 is 5.32 Å². The normalized spacial score (nSPS) is 23.6. The zero-order valence-corrected chi connectivity index (χ0v) is 12.9. The summed E-state index contributed by atoms with van der Waals surface area (Å²) in [6.07, 6.45) is 3.21. The first-order valence-corrected chi connectivity index (χ1v) is 8.19. The monoisotopic (exact) mass is 280 g/mol. The maximum Gasteiger partial charge on any atom is 0.241 e. The van der Waals surface area contributed by atoms with Crippen molar-refractivity contribution in [2.24, 2.45) is 5.92 Å². The zero-order chi connectivity index (χ0) is 13.8. The molecule has 1 fully saturated rings. The summed E-state index contributed by atoms with van der Waals surface area (Å²) < 4.78 is 0. The number of nitrogens with one attached hydrogen (secondary N) is 1. The Labute approximate surface area is 120 Å². The van der Waals surface area contributed by atoms with Crippen molar-refractivity contribution < 1.29 is 4.79 Å². The average molecular weight is 280 g/mol. The quantitative estimate of drug-likeness (QED) is 0.866. The number of hydrogen-bond donors (Lipinski definition) is 1. The zero-order valence-electron chi connectivity index (χ0n) is 12.1. The van der Waals surface area contributed by atoms with E-state index in [-0.39, 0.29) is 18.1 Å². The molecular formula is C15H24N2OS. The number of hydrogen-bond acceptors (Lipinski definition) is 3. The van der Waals surface area contributed by atoms with Gasteiger partial charge in [0.25, 0.3) is 0 Å². The molecule has 0 spiro atoms. The van der Waals surface area contributed by atoms with Crippen LogP contribution in [0.2, 0.25) is 0 Å².